The molecule has 2 aromatic rings. The minimum atomic E-state index is -4.65. The number of aryl methyl sites for hydroxylation is 1. The monoisotopic (exact) mass is 413 g/mol. The van der Waals surface area contributed by atoms with Crippen LogP contribution in [-0.4, -0.2) is 36.9 Å². The maximum Gasteiger partial charge on any atom is 0.411 e. The number of fused-ring (bicyclic) bond motifs is 1. The first kappa shape index (κ1) is 20.7. The Kier molecular flexibility index (Phi) is 5.72. The molecule has 0 radical (unpaired) electrons. The van der Waals surface area contributed by atoms with Crippen LogP contribution in [0.2, 0.25) is 0 Å². The molecule has 1 aliphatic heterocycles. The summed E-state index contributed by atoms with van der Waals surface area (Å²) in [5, 5.41) is 2.62. The van der Waals surface area contributed by atoms with Crippen LogP contribution in [0, 0.1) is 6.92 Å². The van der Waals surface area contributed by atoms with Crippen LogP contribution in [-0.2, 0) is 22.8 Å². The van der Waals surface area contributed by atoms with E-state index in [1.54, 1.807) is 30.3 Å². The topological polar surface area (TPSA) is 47.6 Å². The van der Waals surface area contributed by atoms with Gasteiger partial charge in [-0.3, -0.25) is 9.53 Å². The number of nitrogens with one attached hydrogen (secondary N) is 1. The zero-order chi connectivity index (χ0) is 20.5. The number of hydrogen-bond donors (Lipinski definition) is 1. The number of rotatable bonds is 5. The highest BCUT2D eigenvalue weighted by Gasteiger charge is 2.58. The highest BCUT2D eigenvalue weighted by atomic mass is 32.2. The van der Waals surface area contributed by atoms with E-state index in [0.29, 0.717) is 22.6 Å². The van der Waals surface area contributed by atoms with E-state index in [9.17, 15) is 17.4 Å². The van der Waals surface area contributed by atoms with Crippen molar-refractivity contribution in [3.8, 4) is 11.5 Å². The lowest BCUT2D eigenvalue weighted by molar-refractivity contribution is -0.195. The third-order valence-electron chi connectivity index (χ3n) is 5.01. The zero-order valence-corrected chi connectivity index (χ0v) is 16.7. The summed E-state index contributed by atoms with van der Waals surface area (Å²) in [7, 11) is 0.962. The normalized spacial score (nSPS) is 20.4. The number of hydrogen-bond acceptors (Lipinski definition) is 4. The lowest BCUT2D eigenvalue weighted by atomic mass is 9.82. The zero-order valence-electron chi connectivity index (χ0n) is 15.9. The van der Waals surface area contributed by atoms with Gasteiger partial charge >= 0.3 is 6.18 Å². The maximum atomic E-state index is 14.4. The minimum Gasteiger partial charge on any atom is -0.493 e. The molecule has 3 rings (SSSR count). The highest BCUT2D eigenvalue weighted by Crippen LogP contribution is 2.46. The minimum absolute atomic E-state index is 0.0318. The summed E-state index contributed by atoms with van der Waals surface area (Å²) < 4.78 is 66.4. The van der Waals surface area contributed by atoms with Gasteiger partial charge in [0.05, 0.1) is 30.8 Å². The van der Waals surface area contributed by atoms with Crippen molar-refractivity contribution in [3.63, 3.8) is 0 Å². The Bertz CT molecular complexity index is 884. The number of alkyl halides is 3. The fraction of sp³-hybridized carbons (Fsp3) is 0.400. The summed E-state index contributed by atoms with van der Waals surface area (Å²) >= 11 is 0. The second kappa shape index (κ2) is 7.75. The first-order valence-electron chi connectivity index (χ1n) is 8.74. The van der Waals surface area contributed by atoms with Crippen LogP contribution in [0.5, 0.6) is 11.5 Å². The molecule has 0 amide bonds. The molecule has 2 aromatic carbocycles. The molecule has 1 heterocycles. The Balaban J connectivity index is 2.11. The average molecular weight is 413 g/mol. The van der Waals surface area contributed by atoms with Crippen LogP contribution in [0.25, 0.3) is 0 Å². The van der Waals surface area contributed by atoms with Crippen molar-refractivity contribution in [3.05, 3.63) is 53.1 Å². The van der Waals surface area contributed by atoms with Crippen LogP contribution in [0.15, 0.2) is 41.3 Å². The molecule has 0 aliphatic carbocycles. The Morgan fingerprint density at radius 2 is 1.71 bits per heavy atom. The molecule has 0 aromatic heterocycles. The first-order chi connectivity index (χ1) is 13.2. The van der Waals surface area contributed by atoms with Gasteiger partial charge in [0.2, 0.25) is 0 Å². The SMILES string of the molecule is COc1cc2c(cc1OC)[C@@](C[S@@](=O)c1ccc(C)cc1)(C(F)(F)F)NCC2. The predicted molar refractivity (Wildman–Crippen MR) is 101 cm³/mol. The van der Waals surface area contributed by atoms with Gasteiger partial charge in [0.1, 0.15) is 0 Å². The molecule has 28 heavy (non-hydrogen) atoms. The van der Waals surface area contributed by atoms with Crippen molar-refractivity contribution in [2.75, 3.05) is 26.5 Å². The van der Waals surface area contributed by atoms with Crippen LogP contribution >= 0.6 is 0 Å². The number of methoxy groups -OCH3 is 2. The van der Waals surface area contributed by atoms with E-state index in [1.807, 2.05) is 6.92 Å². The summed E-state index contributed by atoms with van der Waals surface area (Å²) in [6, 6.07) is 9.61. The summed E-state index contributed by atoms with van der Waals surface area (Å²) in [6.45, 7) is 1.98. The Hall–Kier alpha value is -2.06. The van der Waals surface area contributed by atoms with Gasteiger partial charge in [-0.25, -0.2) is 0 Å². The standard InChI is InChI=1S/C20H22F3NO3S/c1-13-4-6-15(7-5-13)28(25)12-19(20(21,22)23)16-11-18(27-3)17(26-2)10-14(16)8-9-24-19/h4-7,10-11,24H,8-9,12H2,1-3H3/t19-,28+/m0/s1. The lowest BCUT2D eigenvalue weighted by Crippen LogP contribution is -2.60. The predicted octanol–water partition coefficient (Wildman–Crippen LogP) is 3.72. The van der Waals surface area contributed by atoms with Crippen LogP contribution < -0.4 is 14.8 Å². The van der Waals surface area contributed by atoms with Crippen LogP contribution in [0.1, 0.15) is 16.7 Å². The van der Waals surface area contributed by atoms with Gasteiger partial charge in [0, 0.05) is 11.4 Å². The van der Waals surface area contributed by atoms with E-state index in [2.05, 4.69) is 5.32 Å². The van der Waals surface area contributed by atoms with Crippen molar-refractivity contribution >= 4 is 10.8 Å². The number of ether oxygens (including phenoxy) is 2. The number of halogens is 3. The fourth-order valence-corrected chi connectivity index (χ4v) is 4.89. The van der Waals surface area contributed by atoms with Gasteiger partial charge < -0.3 is 9.47 Å². The van der Waals surface area contributed by atoms with E-state index in [0.717, 1.165) is 5.56 Å². The fourth-order valence-electron chi connectivity index (χ4n) is 3.46. The van der Waals surface area contributed by atoms with Crippen molar-refractivity contribution in [2.45, 2.75) is 30.0 Å². The molecule has 0 saturated carbocycles. The molecule has 152 valence electrons. The van der Waals surface area contributed by atoms with Crippen molar-refractivity contribution < 1.29 is 26.9 Å². The van der Waals surface area contributed by atoms with Crippen LogP contribution in [0.4, 0.5) is 13.2 Å². The third kappa shape index (κ3) is 3.63. The summed E-state index contributed by atoms with van der Waals surface area (Å²) in [5.74, 6) is -0.0410. The molecule has 0 saturated heterocycles. The van der Waals surface area contributed by atoms with Crippen molar-refractivity contribution in [2.24, 2.45) is 0 Å². The molecule has 0 bridgehead atoms. The molecule has 0 unspecified atom stereocenters. The van der Waals surface area contributed by atoms with E-state index in [1.165, 1.54) is 20.3 Å². The molecule has 1 aliphatic rings. The van der Waals surface area contributed by atoms with E-state index in [4.69, 9.17) is 9.47 Å². The molecule has 4 nitrogen and oxygen atoms in total. The summed E-state index contributed by atoms with van der Waals surface area (Å²) in [5.41, 5.74) is -0.946. The summed E-state index contributed by atoms with van der Waals surface area (Å²) in [6.07, 6.45) is -4.24. The smallest absolute Gasteiger partial charge is 0.411 e. The second-order valence-corrected chi connectivity index (χ2v) is 8.20. The summed E-state index contributed by atoms with van der Waals surface area (Å²) in [4.78, 5) is 0.364. The largest absolute Gasteiger partial charge is 0.493 e. The first-order valence-corrected chi connectivity index (χ1v) is 10.1. The van der Waals surface area contributed by atoms with Gasteiger partial charge in [-0.2, -0.15) is 13.2 Å². The van der Waals surface area contributed by atoms with Gasteiger partial charge in [-0.05, 0) is 48.7 Å². The van der Waals surface area contributed by atoms with Crippen LogP contribution in [0.3, 0.4) is 0 Å². The lowest BCUT2D eigenvalue weighted by Gasteiger charge is -2.41. The molecule has 1 N–H and O–H groups in total. The van der Waals surface area contributed by atoms with Crippen molar-refractivity contribution in [1.82, 2.24) is 5.32 Å². The molecular weight excluding hydrogens is 391 g/mol. The molecule has 0 fully saturated rings. The number of benzene rings is 2. The van der Waals surface area contributed by atoms with Gasteiger partial charge in [-0.1, -0.05) is 17.7 Å². The van der Waals surface area contributed by atoms with Gasteiger partial charge in [0.15, 0.2) is 17.0 Å². The maximum absolute atomic E-state index is 14.4. The molecule has 8 heteroatoms. The van der Waals surface area contributed by atoms with Gasteiger partial charge in [-0.15, -0.1) is 0 Å². The third-order valence-corrected chi connectivity index (χ3v) is 6.50. The van der Waals surface area contributed by atoms with E-state index >= 15 is 0 Å². The molecule has 2 atom stereocenters. The molecule has 0 spiro atoms. The van der Waals surface area contributed by atoms with Gasteiger partial charge in [0.25, 0.3) is 0 Å². The van der Waals surface area contributed by atoms with E-state index in [-0.39, 0.29) is 17.9 Å². The quantitative estimate of drug-likeness (QED) is 0.812. The second-order valence-electron chi connectivity index (χ2n) is 6.75. The highest BCUT2D eigenvalue weighted by molar-refractivity contribution is 7.85. The average Bonchev–Trinajstić information content (AvgIpc) is 2.66. The van der Waals surface area contributed by atoms with E-state index < -0.39 is 28.3 Å². The molecular formula is C20H22F3NO3S. The van der Waals surface area contributed by atoms with Crippen molar-refractivity contribution in [1.29, 1.82) is 0 Å². The Morgan fingerprint density at radius 1 is 1.11 bits per heavy atom. The Labute approximate surface area is 164 Å². The Morgan fingerprint density at radius 3 is 2.29 bits per heavy atom.